The van der Waals surface area contributed by atoms with Crippen LogP contribution in [0.4, 0.5) is 0 Å². The van der Waals surface area contributed by atoms with Crippen LogP contribution in [0.5, 0.6) is 5.75 Å². The first-order chi connectivity index (χ1) is 15.1. The van der Waals surface area contributed by atoms with Crippen LogP contribution < -0.4 is 10.1 Å². The Morgan fingerprint density at radius 1 is 1.19 bits per heavy atom. The summed E-state index contributed by atoms with van der Waals surface area (Å²) in [5.74, 6) is 1.32. The van der Waals surface area contributed by atoms with Crippen LogP contribution in [0.15, 0.2) is 71.4 Å². The molecule has 1 aromatic heterocycles. The van der Waals surface area contributed by atoms with Crippen LogP contribution in [0.25, 0.3) is 0 Å². The highest BCUT2D eigenvalue weighted by Crippen LogP contribution is 2.26. The molecule has 0 bridgehead atoms. The number of aryl methyl sites for hydroxylation is 1. The molecule has 2 aromatic rings. The summed E-state index contributed by atoms with van der Waals surface area (Å²) in [6, 6.07) is 10.1. The third-order valence-electron chi connectivity index (χ3n) is 4.22. The smallest absolute Gasteiger partial charge is 0.171 e. The van der Waals surface area contributed by atoms with Gasteiger partial charge in [0.1, 0.15) is 11.4 Å². The lowest BCUT2D eigenvalue weighted by molar-refractivity contribution is 0.335. The molecule has 3 rings (SSSR count). The number of nitrogens with zero attached hydrogens (tertiary/aromatic N) is 3. The van der Waals surface area contributed by atoms with Gasteiger partial charge in [0, 0.05) is 26.3 Å². The molecule has 31 heavy (non-hydrogen) atoms. The summed E-state index contributed by atoms with van der Waals surface area (Å²) >= 11 is 0. The van der Waals surface area contributed by atoms with Crippen molar-refractivity contribution in [3.8, 4) is 5.75 Å². The molecule has 1 aliphatic rings. The average Bonchev–Trinajstić information content (AvgIpc) is 3.16. The van der Waals surface area contributed by atoms with E-state index >= 15 is 0 Å². The molecule has 0 saturated carbocycles. The van der Waals surface area contributed by atoms with Crippen LogP contribution in [0.1, 0.15) is 30.8 Å². The molecular formula is C24H34N4O3. The van der Waals surface area contributed by atoms with E-state index in [1.54, 1.807) is 17.9 Å². The molecule has 2 heterocycles. The van der Waals surface area contributed by atoms with Gasteiger partial charge in [0.2, 0.25) is 0 Å². The number of nitrogens with one attached hydrogen (secondary N) is 1. The van der Waals surface area contributed by atoms with Crippen molar-refractivity contribution in [1.29, 1.82) is 0 Å². The second-order valence-electron chi connectivity index (χ2n) is 6.23. The molecule has 0 spiro atoms. The number of aliphatic hydroxyl groups is 2. The normalized spacial score (nSPS) is 15.8. The molecule has 7 nitrogen and oxygen atoms in total. The van der Waals surface area contributed by atoms with Gasteiger partial charge < -0.3 is 20.3 Å². The van der Waals surface area contributed by atoms with Gasteiger partial charge in [-0.25, -0.2) is 0 Å². The Labute approximate surface area is 185 Å². The molecule has 1 aromatic carbocycles. The Hall–Kier alpha value is -3.16. The van der Waals surface area contributed by atoms with E-state index in [4.69, 9.17) is 9.84 Å². The standard InChI is InChI=1S/C21H24N4O2.C2H6.CH4O/c1-15-12-17(14-26)10-7-11-22-21(23-15)19-20(27-3)18(24-25(19)2)13-16-8-5-4-6-9-16;2*1-2/h4-10,12,26H,1,11,13-14H2,2-3H3,(H,22,23);1-2H3;2H,1H3/b10-7-,17-12+;;. The van der Waals surface area contributed by atoms with Crippen molar-refractivity contribution < 1.29 is 14.9 Å². The van der Waals surface area contributed by atoms with Crippen molar-refractivity contribution in [2.75, 3.05) is 27.4 Å². The van der Waals surface area contributed by atoms with Crippen LogP contribution in [0.3, 0.4) is 0 Å². The maximum atomic E-state index is 9.41. The molecule has 7 heteroatoms. The Kier molecular flexibility index (Phi) is 11.6. The van der Waals surface area contributed by atoms with Gasteiger partial charge in [-0.1, -0.05) is 62.9 Å². The SMILES string of the molecule is C=C1/C=C(CO)\C=C/CN=C(c2c(OC)c(Cc3ccccc3)nn2C)N1.CC.CO. The predicted molar refractivity (Wildman–Crippen MR) is 126 cm³/mol. The number of rotatable bonds is 5. The molecule has 0 atom stereocenters. The van der Waals surface area contributed by atoms with E-state index in [2.05, 4.69) is 34.1 Å². The van der Waals surface area contributed by atoms with E-state index in [0.29, 0.717) is 30.2 Å². The van der Waals surface area contributed by atoms with Crippen LogP contribution in [0, 0.1) is 0 Å². The van der Waals surface area contributed by atoms with E-state index in [9.17, 15) is 5.11 Å². The summed E-state index contributed by atoms with van der Waals surface area (Å²) in [5.41, 5.74) is 4.17. The fourth-order valence-corrected chi connectivity index (χ4v) is 3.02. The van der Waals surface area contributed by atoms with Crippen LogP contribution in [-0.4, -0.2) is 53.2 Å². The topological polar surface area (TPSA) is 91.9 Å². The number of benzene rings is 1. The highest BCUT2D eigenvalue weighted by molar-refractivity contribution is 6.01. The number of aliphatic imine (C=N–C) groups is 1. The second-order valence-corrected chi connectivity index (χ2v) is 6.23. The number of methoxy groups -OCH3 is 1. The van der Waals surface area contributed by atoms with Crippen LogP contribution in [-0.2, 0) is 13.5 Å². The average molecular weight is 427 g/mol. The van der Waals surface area contributed by atoms with Crippen LogP contribution in [0.2, 0.25) is 0 Å². The van der Waals surface area contributed by atoms with E-state index < -0.39 is 0 Å². The molecule has 0 unspecified atom stereocenters. The van der Waals surface area contributed by atoms with E-state index in [1.807, 2.05) is 51.2 Å². The highest BCUT2D eigenvalue weighted by atomic mass is 16.5. The molecular weight excluding hydrogens is 392 g/mol. The highest BCUT2D eigenvalue weighted by Gasteiger charge is 2.22. The van der Waals surface area contributed by atoms with Gasteiger partial charge >= 0.3 is 0 Å². The largest absolute Gasteiger partial charge is 0.492 e. The first kappa shape index (κ1) is 25.9. The minimum Gasteiger partial charge on any atom is -0.492 e. The number of hydrogen-bond acceptors (Lipinski definition) is 6. The predicted octanol–water partition coefficient (Wildman–Crippen LogP) is 2.99. The molecule has 0 amide bonds. The van der Waals surface area contributed by atoms with Crippen molar-refractivity contribution in [1.82, 2.24) is 15.1 Å². The summed E-state index contributed by atoms with van der Waals surface area (Å²) in [6.07, 6.45) is 6.21. The van der Waals surface area contributed by atoms with Gasteiger partial charge in [0.05, 0.1) is 20.3 Å². The lowest BCUT2D eigenvalue weighted by Gasteiger charge is -2.12. The Balaban J connectivity index is 0.00000113. The maximum Gasteiger partial charge on any atom is 0.171 e. The van der Waals surface area contributed by atoms with Crippen molar-refractivity contribution in [3.63, 3.8) is 0 Å². The summed E-state index contributed by atoms with van der Waals surface area (Å²) in [4.78, 5) is 4.62. The molecule has 1 aliphatic heterocycles. The molecule has 0 fully saturated rings. The second kappa shape index (κ2) is 14.0. The number of allylic oxidation sites excluding steroid dienone is 1. The fraction of sp³-hybridized carbons (Fsp3) is 0.333. The van der Waals surface area contributed by atoms with Crippen LogP contribution >= 0.6 is 0 Å². The number of ether oxygens (including phenoxy) is 1. The number of aliphatic hydroxyl groups excluding tert-OH is 2. The zero-order valence-corrected chi connectivity index (χ0v) is 19.1. The number of aromatic nitrogens is 2. The lowest BCUT2D eigenvalue weighted by Crippen LogP contribution is -2.26. The molecule has 3 N–H and O–H groups in total. The Bertz CT molecular complexity index is 912. The van der Waals surface area contributed by atoms with Gasteiger partial charge in [0.25, 0.3) is 0 Å². The zero-order valence-electron chi connectivity index (χ0n) is 19.1. The summed E-state index contributed by atoms with van der Waals surface area (Å²) in [6.45, 7) is 8.42. The van der Waals surface area contributed by atoms with Gasteiger partial charge in [0.15, 0.2) is 11.6 Å². The Morgan fingerprint density at radius 3 is 2.48 bits per heavy atom. The fourth-order valence-electron chi connectivity index (χ4n) is 3.02. The molecule has 168 valence electrons. The minimum atomic E-state index is -0.0528. The monoisotopic (exact) mass is 426 g/mol. The molecule has 0 aliphatic carbocycles. The van der Waals surface area contributed by atoms with E-state index in [0.717, 1.165) is 29.6 Å². The lowest BCUT2D eigenvalue weighted by atomic mass is 10.1. The van der Waals surface area contributed by atoms with Gasteiger partial charge in [-0.05, 0) is 17.2 Å². The van der Waals surface area contributed by atoms with Gasteiger partial charge in [-0.3, -0.25) is 9.67 Å². The minimum absolute atomic E-state index is 0.0528. The molecule has 0 radical (unpaired) electrons. The molecule has 0 saturated heterocycles. The number of hydrogen-bond donors (Lipinski definition) is 3. The third-order valence-corrected chi connectivity index (χ3v) is 4.22. The summed E-state index contributed by atoms with van der Waals surface area (Å²) in [7, 11) is 4.51. The Morgan fingerprint density at radius 2 is 1.87 bits per heavy atom. The van der Waals surface area contributed by atoms with Crippen molar-refractivity contribution in [2.24, 2.45) is 12.0 Å². The van der Waals surface area contributed by atoms with Crippen molar-refractivity contribution in [3.05, 3.63) is 83.4 Å². The van der Waals surface area contributed by atoms with Crippen molar-refractivity contribution >= 4 is 5.84 Å². The zero-order chi connectivity index (χ0) is 23.2. The third kappa shape index (κ3) is 7.24. The number of amidine groups is 1. The van der Waals surface area contributed by atoms with Gasteiger partial charge in [-0.2, -0.15) is 5.10 Å². The summed E-state index contributed by atoms with van der Waals surface area (Å²) < 4.78 is 7.47. The summed E-state index contributed by atoms with van der Waals surface area (Å²) in [5, 5.41) is 24.3. The van der Waals surface area contributed by atoms with E-state index in [1.165, 1.54) is 0 Å². The van der Waals surface area contributed by atoms with Crippen molar-refractivity contribution in [2.45, 2.75) is 20.3 Å². The first-order valence-corrected chi connectivity index (χ1v) is 10.2. The first-order valence-electron chi connectivity index (χ1n) is 10.2. The van der Waals surface area contributed by atoms with Gasteiger partial charge in [-0.15, -0.1) is 0 Å². The van der Waals surface area contributed by atoms with E-state index in [-0.39, 0.29) is 6.61 Å². The quantitative estimate of drug-likeness (QED) is 0.684. The maximum absolute atomic E-state index is 9.41.